The number of nitrogens with zero attached hydrogens (tertiary/aromatic N) is 1. The van der Waals surface area contributed by atoms with Crippen LogP contribution in [0.3, 0.4) is 0 Å². The third kappa shape index (κ3) is 2.66. The fraction of sp³-hybridized carbons (Fsp3) is 0.500. The second kappa shape index (κ2) is 5.31. The fourth-order valence-corrected chi connectivity index (χ4v) is 2.31. The van der Waals surface area contributed by atoms with Gasteiger partial charge in [-0.05, 0) is 25.3 Å². The summed E-state index contributed by atoms with van der Waals surface area (Å²) in [6.45, 7) is 2.00. The molecule has 1 aliphatic rings. The molecule has 1 aliphatic heterocycles. The maximum atomic E-state index is 10.2. The third-order valence-electron chi connectivity index (χ3n) is 3.30. The Kier molecular flexibility index (Phi) is 3.78. The van der Waals surface area contributed by atoms with Crippen LogP contribution in [0.4, 0.5) is 0 Å². The Balaban J connectivity index is 2.11. The van der Waals surface area contributed by atoms with E-state index in [0.717, 1.165) is 18.4 Å². The summed E-state index contributed by atoms with van der Waals surface area (Å²) in [7, 11) is 0. The standard InChI is InChI=1S/C14H17NO2/c1-10-7-8-13(17-10)12(9-15)14(16)11-5-3-2-4-6-11/h2-6,10,12-14,16H,7-8H2,1H3/t10-,12?,13?,14-/m1/s1. The quantitative estimate of drug-likeness (QED) is 0.869. The van der Waals surface area contributed by atoms with Gasteiger partial charge in [0.25, 0.3) is 0 Å². The molecule has 0 saturated carbocycles. The highest BCUT2D eigenvalue weighted by molar-refractivity contribution is 5.20. The van der Waals surface area contributed by atoms with E-state index >= 15 is 0 Å². The van der Waals surface area contributed by atoms with Gasteiger partial charge in [-0.25, -0.2) is 0 Å². The molecule has 3 heteroatoms. The van der Waals surface area contributed by atoms with Crippen LogP contribution in [0.1, 0.15) is 31.4 Å². The van der Waals surface area contributed by atoms with E-state index in [-0.39, 0.29) is 12.2 Å². The first-order chi connectivity index (χ1) is 8.22. The first-order valence-electron chi connectivity index (χ1n) is 6.00. The number of hydrogen-bond donors (Lipinski definition) is 1. The SMILES string of the molecule is C[C@@H]1CCC(C(C#N)[C@H](O)c2ccccc2)O1. The number of hydrogen-bond acceptors (Lipinski definition) is 3. The molecule has 1 aromatic carbocycles. The zero-order valence-electron chi connectivity index (χ0n) is 9.91. The normalized spacial score (nSPS) is 27.4. The summed E-state index contributed by atoms with van der Waals surface area (Å²) < 4.78 is 5.67. The second-order valence-corrected chi connectivity index (χ2v) is 4.57. The van der Waals surface area contributed by atoms with Crippen LogP contribution in [-0.4, -0.2) is 17.3 Å². The molecule has 1 N–H and O–H groups in total. The number of nitriles is 1. The van der Waals surface area contributed by atoms with Crippen molar-refractivity contribution in [1.82, 2.24) is 0 Å². The van der Waals surface area contributed by atoms with Gasteiger partial charge in [0.2, 0.25) is 0 Å². The number of aliphatic hydroxyl groups excluding tert-OH is 1. The molecule has 0 amide bonds. The Morgan fingerprint density at radius 3 is 2.59 bits per heavy atom. The van der Waals surface area contributed by atoms with Crippen molar-refractivity contribution in [3.05, 3.63) is 35.9 Å². The van der Waals surface area contributed by atoms with Gasteiger partial charge in [0.05, 0.1) is 24.4 Å². The lowest BCUT2D eigenvalue weighted by Gasteiger charge is -2.22. The van der Waals surface area contributed by atoms with Crippen molar-refractivity contribution in [3.63, 3.8) is 0 Å². The average Bonchev–Trinajstić information content (AvgIpc) is 2.78. The van der Waals surface area contributed by atoms with E-state index in [1.54, 1.807) is 0 Å². The van der Waals surface area contributed by atoms with Crippen molar-refractivity contribution in [1.29, 1.82) is 5.26 Å². The van der Waals surface area contributed by atoms with Crippen molar-refractivity contribution in [3.8, 4) is 6.07 Å². The highest BCUT2D eigenvalue weighted by atomic mass is 16.5. The van der Waals surface area contributed by atoms with E-state index in [2.05, 4.69) is 6.07 Å². The molecule has 0 radical (unpaired) electrons. The lowest BCUT2D eigenvalue weighted by Crippen LogP contribution is -2.25. The lowest BCUT2D eigenvalue weighted by molar-refractivity contribution is -0.00911. The Morgan fingerprint density at radius 1 is 1.35 bits per heavy atom. The van der Waals surface area contributed by atoms with E-state index < -0.39 is 12.0 Å². The van der Waals surface area contributed by atoms with Crippen LogP contribution in [0.2, 0.25) is 0 Å². The molecule has 4 atom stereocenters. The van der Waals surface area contributed by atoms with Crippen LogP contribution >= 0.6 is 0 Å². The molecule has 1 fully saturated rings. The molecule has 3 nitrogen and oxygen atoms in total. The molecule has 2 unspecified atom stereocenters. The van der Waals surface area contributed by atoms with E-state index in [1.807, 2.05) is 37.3 Å². The highest BCUT2D eigenvalue weighted by Gasteiger charge is 2.34. The molecule has 0 aromatic heterocycles. The summed E-state index contributed by atoms with van der Waals surface area (Å²) >= 11 is 0. The van der Waals surface area contributed by atoms with Gasteiger partial charge in [-0.15, -0.1) is 0 Å². The molecule has 1 heterocycles. The highest BCUT2D eigenvalue weighted by Crippen LogP contribution is 2.32. The molecule has 2 rings (SSSR count). The largest absolute Gasteiger partial charge is 0.387 e. The minimum absolute atomic E-state index is 0.148. The summed E-state index contributed by atoms with van der Waals surface area (Å²) in [4.78, 5) is 0. The molecule has 0 spiro atoms. The van der Waals surface area contributed by atoms with Crippen molar-refractivity contribution in [2.45, 2.75) is 38.1 Å². The van der Waals surface area contributed by atoms with Gasteiger partial charge in [-0.2, -0.15) is 5.26 Å². The minimum Gasteiger partial charge on any atom is -0.387 e. The summed E-state index contributed by atoms with van der Waals surface area (Å²) in [6.07, 6.45) is 1.09. The van der Waals surface area contributed by atoms with Crippen LogP contribution in [0.5, 0.6) is 0 Å². The van der Waals surface area contributed by atoms with Gasteiger partial charge >= 0.3 is 0 Å². The molecule has 1 saturated heterocycles. The van der Waals surface area contributed by atoms with Gasteiger partial charge in [0, 0.05) is 0 Å². The average molecular weight is 231 g/mol. The molecule has 0 bridgehead atoms. The maximum Gasteiger partial charge on any atom is 0.103 e. The van der Waals surface area contributed by atoms with Crippen molar-refractivity contribution in [2.75, 3.05) is 0 Å². The van der Waals surface area contributed by atoms with Crippen LogP contribution in [0.15, 0.2) is 30.3 Å². The summed E-state index contributed by atoms with van der Waals surface area (Å²) in [5, 5.41) is 19.4. The van der Waals surface area contributed by atoms with Crippen LogP contribution in [0.25, 0.3) is 0 Å². The minimum atomic E-state index is -0.767. The maximum absolute atomic E-state index is 10.2. The summed E-state index contributed by atoms with van der Waals surface area (Å²) in [5.41, 5.74) is 0.780. The third-order valence-corrected chi connectivity index (χ3v) is 3.30. The van der Waals surface area contributed by atoms with E-state index in [9.17, 15) is 10.4 Å². The zero-order chi connectivity index (χ0) is 12.3. The number of ether oxygens (including phenoxy) is 1. The second-order valence-electron chi connectivity index (χ2n) is 4.57. The molecule has 1 aromatic rings. The number of benzene rings is 1. The van der Waals surface area contributed by atoms with Gasteiger partial charge in [0.15, 0.2) is 0 Å². The number of rotatable bonds is 3. The first-order valence-corrected chi connectivity index (χ1v) is 6.00. The lowest BCUT2D eigenvalue weighted by atomic mass is 9.91. The Labute approximate surface area is 102 Å². The van der Waals surface area contributed by atoms with Crippen LogP contribution in [0, 0.1) is 17.2 Å². The Bertz CT molecular complexity index is 398. The van der Waals surface area contributed by atoms with Crippen molar-refractivity contribution >= 4 is 0 Å². The molecular formula is C14H17NO2. The Hall–Kier alpha value is -1.37. The van der Waals surface area contributed by atoms with Gasteiger partial charge in [-0.1, -0.05) is 30.3 Å². The summed E-state index contributed by atoms with van der Waals surface area (Å²) in [5.74, 6) is -0.484. The molecule has 17 heavy (non-hydrogen) atoms. The molecule has 0 aliphatic carbocycles. The zero-order valence-corrected chi connectivity index (χ0v) is 9.91. The van der Waals surface area contributed by atoms with Crippen molar-refractivity contribution in [2.24, 2.45) is 5.92 Å². The smallest absolute Gasteiger partial charge is 0.103 e. The van der Waals surface area contributed by atoms with E-state index in [0.29, 0.717) is 0 Å². The number of aliphatic hydroxyl groups is 1. The Morgan fingerprint density at radius 2 is 2.06 bits per heavy atom. The van der Waals surface area contributed by atoms with Crippen LogP contribution in [-0.2, 0) is 4.74 Å². The van der Waals surface area contributed by atoms with E-state index in [4.69, 9.17) is 4.74 Å². The van der Waals surface area contributed by atoms with E-state index in [1.165, 1.54) is 0 Å². The molecule has 90 valence electrons. The first kappa shape index (κ1) is 12.1. The van der Waals surface area contributed by atoms with Gasteiger partial charge in [0.1, 0.15) is 5.92 Å². The molecular weight excluding hydrogens is 214 g/mol. The van der Waals surface area contributed by atoms with Crippen LogP contribution < -0.4 is 0 Å². The monoisotopic (exact) mass is 231 g/mol. The predicted molar refractivity (Wildman–Crippen MR) is 64.1 cm³/mol. The van der Waals surface area contributed by atoms with Gasteiger partial charge < -0.3 is 9.84 Å². The van der Waals surface area contributed by atoms with Crippen molar-refractivity contribution < 1.29 is 9.84 Å². The fourth-order valence-electron chi connectivity index (χ4n) is 2.31. The van der Waals surface area contributed by atoms with Gasteiger partial charge in [-0.3, -0.25) is 0 Å². The predicted octanol–water partition coefficient (Wildman–Crippen LogP) is 2.43. The topological polar surface area (TPSA) is 53.2 Å². The summed E-state index contributed by atoms with van der Waals surface area (Å²) in [6, 6.07) is 11.5.